The SMILES string of the molecule is CCCC[C@@H](Cc1cccccc(C)[nH]c1)NOB(C)c1cnc(C2(F)CCN(C)CC2)s1. The summed E-state index contributed by atoms with van der Waals surface area (Å²) in [5, 5.41) is 0.590. The van der Waals surface area contributed by atoms with Gasteiger partial charge in [-0.05, 0) is 38.4 Å². The lowest BCUT2D eigenvalue weighted by Gasteiger charge is -2.32. The van der Waals surface area contributed by atoms with Gasteiger partial charge in [-0.3, -0.25) is 0 Å². The summed E-state index contributed by atoms with van der Waals surface area (Å²) in [5.74, 6) is 0. The number of piperidine rings is 1. The van der Waals surface area contributed by atoms with Crippen molar-refractivity contribution in [2.75, 3.05) is 20.1 Å². The Hall–Kier alpha value is -1.74. The molecule has 0 unspecified atom stereocenters. The minimum absolute atomic E-state index is 0.188. The minimum atomic E-state index is -1.31. The molecule has 3 heterocycles. The second-order valence-corrected chi connectivity index (χ2v) is 10.3. The molecule has 2 aromatic rings. The number of hydrogen-bond donors (Lipinski definition) is 2. The van der Waals surface area contributed by atoms with E-state index in [2.05, 4.69) is 58.6 Å². The number of aryl methyl sites for hydroxylation is 1. The van der Waals surface area contributed by atoms with Crippen LogP contribution < -0.4 is 10.3 Å². The highest BCUT2D eigenvalue weighted by Gasteiger charge is 2.38. The van der Waals surface area contributed by atoms with Crippen LogP contribution in [0.3, 0.4) is 0 Å². The number of alkyl halides is 1. The van der Waals surface area contributed by atoms with Crippen molar-refractivity contribution in [2.24, 2.45) is 0 Å². The molecule has 0 bridgehead atoms. The smallest absolute Gasteiger partial charge is 0.362 e. The number of thiazole rings is 1. The number of nitrogens with one attached hydrogen (secondary N) is 2. The Kier molecular flexibility index (Phi) is 9.92. The third kappa shape index (κ3) is 7.92. The van der Waals surface area contributed by atoms with E-state index in [-0.39, 0.29) is 13.0 Å². The van der Waals surface area contributed by atoms with Crippen molar-refractivity contribution in [3.8, 4) is 0 Å². The molecular formula is C25H38BFN4OS. The van der Waals surface area contributed by atoms with E-state index < -0.39 is 5.67 Å². The molecule has 2 aromatic heterocycles. The highest BCUT2D eigenvalue weighted by Crippen LogP contribution is 2.37. The number of rotatable bonds is 10. The summed E-state index contributed by atoms with van der Waals surface area (Å²) in [6.07, 6.45) is 8.99. The summed E-state index contributed by atoms with van der Waals surface area (Å²) < 4.78 is 22.5. The fourth-order valence-corrected chi connectivity index (χ4v) is 4.97. The van der Waals surface area contributed by atoms with E-state index in [0.717, 1.165) is 49.2 Å². The van der Waals surface area contributed by atoms with Crippen molar-refractivity contribution < 1.29 is 9.15 Å². The summed E-state index contributed by atoms with van der Waals surface area (Å²) >= 11 is 1.44. The molecule has 8 heteroatoms. The van der Waals surface area contributed by atoms with E-state index in [4.69, 9.17) is 4.76 Å². The number of hydroxylamine groups is 1. The highest BCUT2D eigenvalue weighted by molar-refractivity contribution is 7.22. The normalized spacial score (nSPS) is 16.9. The number of hydrogen-bond acceptors (Lipinski definition) is 5. The van der Waals surface area contributed by atoms with Crippen LogP contribution in [0.15, 0.2) is 42.7 Å². The molecule has 1 atom stereocenters. The van der Waals surface area contributed by atoms with Gasteiger partial charge in [0.05, 0.1) is 0 Å². The molecule has 0 saturated carbocycles. The first-order valence-electron chi connectivity index (χ1n) is 12.1. The van der Waals surface area contributed by atoms with Crippen molar-refractivity contribution in [3.63, 3.8) is 0 Å². The molecule has 1 aliphatic rings. The van der Waals surface area contributed by atoms with E-state index in [1.807, 2.05) is 26.0 Å². The Morgan fingerprint density at radius 1 is 1.30 bits per heavy atom. The second kappa shape index (κ2) is 12.7. The maximum absolute atomic E-state index is 15.4. The van der Waals surface area contributed by atoms with Crippen LogP contribution in [0.25, 0.3) is 0 Å². The van der Waals surface area contributed by atoms with E-state index in [9.17, 15) is 0 Å². The number of aromatic nitrogens is 2. The molecular weight excluding hydrogens is 434 g/mol. The topological polar surface area (TPSA) is 53.2 Å². The fraction of sp³-hybridized carbons (Fsp3) is 0.560. The second-order valence-electron chi connectivity index (χ2n) is 9.21. The molecule has 2 N–H and O–H groups in total. The Balaban J connectivity index is 1.63. The fourth-order valence-electron chi connectivity index (χ4n) is 3.94. The maximum Gasteiger partial charge on any atom is 0.362 e. The van der Waals surface area contributed by atoms with Gasteiger partial charge in [-0.15, -0.1) is 11.3 Å². The summed E-state index contributed by atoms with van der Waals surface area (Å²) in [4.78, 5) is 9.96. The quantitative estimate of drug-likeness (QED) is 0.380. The molecule has 0 aromatic carbocycles. The summed E-state index contributed by atoms with van der Waals surface area (Å²) in [6, 6.07) is 10.5. The van der Waals surface area contributed by atoms with Gasteiger partial charge in [0.25, 0.3) is 0 Å². The number of unbranched alkanes of at least 4 members (excludes halogenated alkanes) is 1. The van der Waals surface area contributed by atoms with E-state index in [1.165, 1.54) is 16.9 Å². The average Bonchev–Trinajstić information content (AvgIpc) is 3.34. The van der Waals surface area contributed by atoms with Gasteiger partial charge in [-0.25, -0.2) is 14.9 Å². The molecule has 0 aliphatic carbocycles. The van der Waals surface area contributed by atoms with Crippen molar-refractivity contribution in [1.29, 1.82) is 0 Å². The van der Waals surface area contributed by atoms with Crippen LogP contribution >= 0.6 is 11.3 Å². The maximum atomic E-state index is 15.4. The van der Waals surface area contributed by atoms with Gasteiger partial charge in [0.1, 0.15) is 5.01 Å². The average molecular weight is 472 g/mol. The van der Waals surface area contributed by atoms with E-state index in [1.54, 1.807) is 6.20 Å². The summed E-state index contributed by atoms with van der Waals surface area (Å²) in [5.41, 5.74) is 4.31. The summed E-state index contributed by atoms with van der Waals surface area (Å²) in [6.45, 7) is 7.60. The zero-order chi connectivity index (χ0) is 23.7. The van der Waals surface area contributed by atoms with Crippen molar-refractivity contribution in [2.45, 2.75) is 70.9 Å². The lowest BCUT2D eigenvalue weighted by molar-refractivity contribution is 0.0671. The first-order chi connectivity index (χ1) is 15.9. The Bertz CT molecular complexity index is 911. The lowest BCUT2D eigenvalue weighted by atomic mass is 9.70. The number of H-pyrrole nitrogens is 1. The third-order valence-electron chi connectivity index (χ3n) is 6.25. The zero-order valence-electron chi connectivity index (χ0n) is 20.4. The Labute approximate surface area is 202 Å². The molecule has 33 heavy (non-hydrogen) atoms. The largest absolute Gasteiger partial charge is 0.365 e. The minimum Gasteiger partial charge on any atom is -0.365 e. The molecule has 0 radical (unpaired) electrons. The van der Waals surface area contributed by atoms with Crippen molar-refractivity contribution >= 4 is 23.0 Å². The third-order valence-corrected chi connectivity index (χ3v) is 7.59. The molecule has 0 spiro atoms. The van der Waals surface area contributed by atoms with Gasteiger partial charge in [-0.1, -0.05) is 50.9 Å². The molecule has 1 saturated heterocycles. The first-order valence-corrected chi connectivity index (χ1v) is 12.9. The van der Waals surface area contributed by atoms with Crippen LogP contribution in [-0.2, 0) is 16.8 Å². The van der Waals surface area contributed by atoms with Crippen LogP contribution in [0, 0.1) is 6.92 Å². The van der Waals surface area contributed by atoms with Crippen LogP contribution in [0.5, 0.6) is 0 Å². The van der Waals surface area contributed by atoms with Crippen molar-refractivity contribution in [3.05, 3.63) is 59.0 Å². The first kappa shape index (κ1) is 25.9. The van der Waals surface area contributed by atoms with Crippen LogP contribution in [0.2, 0.25) is 6.82 Å². The van der Waals surface area contributed by atoms with Crippen LogP contribution in [0.4, 0.5) is 4.39 Å². The predicted octanol–water partition coefficient (Wildman–Crippen LogP) is 4.95. The standard InChI is InChI=1S/C25H38BFN4OS/c1-5-6-12-22(17-21-11-9-7-8-10-20(2)28-18-21)30-32-26(3)23-19-29-24(33-23)25(27)13-15-31(4)16-14-25/h7-11,18-19,22,28,30H,5-6,12-17H2,1-4H3/t22-/m0/s1. The summed E-state index contributed by atoms with van der Waals surface area (Å²) in [7, 11) is 2.04. The molecule has 1 fully saturated rings. The molecule has 180 valence electrons. The molecule has 0 amide bonds. The van der Waals surface area contributed by atoms with Gasteiger partial charge in [0, 0.05) is 54.8 Å². The number of halogens is 1. The van der Waals surface area contributed by atoms with Gasteiger partial charge < -0.3 is 14.6 Å². The van der Waals surface area contributed by atoms with Crippen LogP contribution in [0.1, 0.15) is 55.3 Å². The van der Waals surface area contributed by atoms with Gasteiger partial charge in [-0.2, -0.15) is 0 Å². The molecule has 5 nitrogen and oxygen atoms in total. The van der Waals surface area contributed by atoms with Crippen molar-refractivity contribution in [1.82, 2.24) is 20.3 Å². The van der Waals surface area contributed by atoms with Gasteiger partial charge >= 0.3 is 6.92 Å². The zero-order valence-corrected chi connectivity index (χ0v) is 21.3. The van der Waals surface area contributed by atoms with E-state index >= 15 is 4.39 Å². The van der Waals surface area contributed by atoms with Crippen LogP contribution in [-0.4, -0.2) is 48.0 Å². The lowest BCUT2D eigenvalue weighted by Crippen LogP contribution is -2.40. The van der Waals surface area contributed by atoms with E-state index in [0.29, 0.717) is 17.8 Å². The molecule has 1 aliphatic heterocycles. The number of likely N-dealkylation sites (tertiary alicyclic amines) is 1. The monoisotopic (exact) mass is 472 g/mol. The molecule has 3 rings (SSSR count). The Morgan fingerprint density at radius 2 is 2.06 bits per heavy atom. The van der Waals surface area contributed by atoms with Gasteiger partial charge in [0.15, 0.2) is 5.67 Å². The Morgan fingerprint density at radius 3 is 2.82 bits per heavy atom. The number of nitrogens with zero attached hydrogens (tertiary/aromatic N) is 2. The predicted molar refractivity (Wildman–Crippen MR) is 137 cm³/mol. The van der Waals surface area contributed by atoms with Gasteiger partial charge in [0.2, 0.25) is 0 Å². The number of aromatic amines is 1. The highest BCUT2D eigenvalue weighted by atomic mass is 32.1.